The molecule has 0 amide bonds. The van der Waals surface area contributed by atoms with Gasteiger partial charge in [-0.05, 0) is 14.5 Å². The Morgan fingerprint density at radius 3 is 1.81 bits per heavy atom. The first-order chi connectivity index (χ1) is 6.06. The van der Waals surface area contributed by atoms with Crippen molar-refractivity contribution < 1.29 is 97.7 Å². The Hall–Kier alpha value is 2.22. The molecule has 0 saturated carbocycles. The molecule has 16 heavy (non-hydrogen) atoms. The van der Waals surface area contributed by atoms with Gasteiger partial charge in [0, 0.05) is 6.61 Å². The molecule has 0 saturated heterocycles. The normalized spacial score (nSPS) is 15.6. The maximum atomic E-state index is 10.6. The average Bonchev–Trinajstić information content (AvgIpc) is 1.95. The monoisotopic (exact) mass is 294 g/mol. The van der Waals surface area contributed by atoms with Crippen molar-refractivity contribution in [1.82, 2.24) is 0 Å². The number of rotatable bonds is 5. The molecule has 0 spiro atoms. The Balaban J connectivity index is -0.000000845. The smallest absolute Gasteiger partial charge is 0.808 e. The summed E-state index contributed by atoms with van der Waals surface area (Å²) in [6.45, 7) is 0.0565. The van der Waals surface area contributed by atoms with E-state index in [2.05, 4.69) is 4.74 Å². The van der Waals surface area contributed by atoms with Gasteiger partial charge in [-0.2, -0.15) is 0 Å². The Labute approximate surface area is 137 Å². The van der Waals surface area contributed by atoms with Crippen LogP contribution in [0.5, 0.6) is 0 Å². The van der Waals surface area contributed by atoms with E-state index in [0.29, 0.717) is 0 Å². The van der Waals surface area contributed by atoms with E-state index in [4.69, 9.17) is 14.9 Å². The molecule has 0 aromatic rings. The molecule has 0 aliphatic heterocycles. The fraction of sp³-hybridized carbons (Fsp3) is 1.00. The largest absolute Gasteiger partial charge is 1.00 e. The fourth-order valence-corrected chi connectivity index (χ4v) is 2.35. The van der Waals surface area contributed by atoms with E-state index < -0.39 is 26.9 Å². The first-order valence-electron chi connectivity index (χ1n) is 3.44. The van der Waals surface area contributed by atoms with E-state index in [1.807, 2.05) is 0 Å². The van der Waals surface area contributed by atoms with Crippen molar-refractivity contribution in [1.29, 1.82) is 0 Å². The molecule has 12 heteroatoms. The molecule has 0 aliphatic carbocycles. The van der Waals surface area contributed by atoms with Crippen LogP contribution in [0, 0.1) is 0 Å². The van der Waals surface area contributed by atoms with Crippen LogP contribution in [0.3, 0.4) is 0 Å². The maximum Gasteiger partial charge on any atom is 1.00 e. The molecule has 8 nitrogen and oxygen atoms in total. The van der Waals surface area contributed by atoms with Gasteiger partial charge in [0.25, 0.3) is 0 Å². The zero-order valence-corrected chi connectivity index (χ0v) is 15.0. The van der Waals surface area contributed by atoms with Gasteiger partial charge in [0.1, 0.15) is 0 Å². The molecule has 0 rings (SSSR count). The molecule has 86 valence electrons. The summed E-state index contributed by atoms with van der Waals surface area (Å²) in [5.74, 6) is 0. The second-order valence-corrected chi connectivity index (χ2v) is 6.37. The van der Waals surface area contributed by atoms with Crippen LogP contribution in [0.2, 0.25) is 0 Å². The van der Waals surface area contributed by atoms with Crippen molar-refractivity contribution in [3.63, 3.8) is 0 Å². The third-order valence-electron chi connectivity index (χ3n) is 1.40. The third kappa shape index (κ3) is 5.91. The molecule has 0 aromatic heterocycles. The molecule has 0 bridgehead atoms. The molecule has 0 aliphatic rings. The summed E-state index contributed by atoms with van der Waals surface area (Å²) in [7, 11) is -11.4. The molecular formula is C4H10Na2O8P2. The standard InChI is InChI=1S/C4H12O8P2.2Na/c1-2-12-3-4(5,13(6,7)8)14(9,10)11;;/h5H,2-3H2,1H3,(H2,6,7,8)(H2,9,10,11);;/q;2*+1/p-2. The van der Waals surface area contributed by atoms with Gasteiger partial charge >= 0.3 is 66.7 Å². The second-order valence-electron chi connectivity index (χ2n) is 2.45. The van der Waals surface area contributed by atoms with Gasteiger partial charge in [-0.15, -0.1) is 0 Å². The Kier molecular flexibility index (Phi) is 12.2. The fourth-order valence-electron chi connectivity index (χ4n) is 0.562. The van der Waals surface area contributed by atoms with Gasteiger partial charge in [-0.25, -0.2) is 0 Å². The van der Waals surface area contributed by atoms with E-state index in [1.54, 1.807) is 0 Å². The minimum atomic E-state index is -5.87. The summed E-state index contributed by atoms with van der Waals surface area (Å²) < 4.78 is 25.4. The predicted molar refractivity (Wildman–Crippen MR) is 41.1 cm³/mol. The molecule has 0 heterocycles. The number of hydrogen-bond donors (Lipinski definition) is 3. The van der Waals surface area contributed by atoms with Gasteiger partial charge in [-0.3, -0.25) is 4.57 Å². The van der Waals surface area contributed by atoms with E-state index >= 15 is 0 Å². The maximum absolute atomic E-state index is 10.6. The molecular weight excluding hydrogens is 284 g/mol. The van der Waals surface area contributed by atoms with E-state index in [1.165, 1.54) is 6.92 Å². The molecule has 0 radical (unpaired) electrons. The van der Waals surface area contributed by atoms with Crippen LogP contribution >= 0.6 is 15.2 Å². The van der Waals surface area contributed by atoms with E-state index in [-0.39, 0.29) is 65.7 Å². The van der Waals surface area contributed by atoms with Crippen LogP contribution in [0.15, 0.2) is 0 Å². The summed E-state index contributed by atoms with van der Waals surface area (Å²) in [5, 5.41) is 5.35. The van der Waals surface area contributed by atoms with Crippen molar-refractivity contribution in [3.8, 4) is 0 Å². The van der Waals surface area contributed by atoms with Gasteiger partial charge in [-0.1, -0.05) is 0 Å². The van der Waals surface area contributed by atoms with Crippen LogP contribution < -0.4 is 68.9 Å². The van der Waals surface area contributed by atoms with Crippen LogP contribution in [0.25, 0.3) is 0 Å². The summed E-state index contributed by atoms with van der Waals surface area (Å²) in [5.41, 5.74) is 0. The Morgan fingerprint density at radius 2 is 1.62 bits per heavy atom. The van der Waals surface area contributed by atoms with Crippen LogP contribution in [0.4, 0.5) is 0 Å². The number of hydrogen-bond acceptors (Lipinski definition) is 6. The third-order valence-corrected chi connectivity index (χ3v) is 4.99. The summed E-state index contributed by atoms with van der Waals surface area (Å²) in [4.78, 5) is 37.9. The SMILES string of the molecule is CCOCC(O)(P(=O)([O-])[O-])P(=O)(O)O.[Na+].[Na+]. The quantitative estimate of drug-likeness (QED) is 0.334. The van der Waals surface area contributed by atoms with E-state index in [9.17, 15) is 18.9 Å². The number of ether oxygens (including phenoxy) is 1. The molecule has 0 aromatic carbocycles. The van der Waals surface area contributed by atoms with Crippen molar-refractivity contribution in [2.75, 3.05) is 13.2 Å². The Bertz CT molecular complexity index is 262. The van der Waals surface area contributed by atoms with Crippen LogP contribution in [0.1, 0.15) is 6.92 Å². The van der Waals surface area contributed by atoms with Gasteiger partial charge in [0.05, 0.1) is 6.61 Å². The van der Waals surface area contributed by atoms with Gasteiger partial charge in [0.2, 0.25) is 5.08 Å². The topological polar surface area (TPSA) is 150 Å². The van der Waals surface area contributed by atoms with Crippen molar-refractivity contribution >= 4 is 15.2 Å². The van der Waals surface area contributed by atoms with Crippen molar-refractivity contribution in [3.05, 3.63) is 0 Å². The summed E-state index contributed by atoms with van der Waals surface area (Å²) >= 11 is 0. The Morgan fingerprint density at radius 1 is 1.25 bits per heavy atom. The van der Waals surface area contributed by atoms with Crippen LogP contribution in [-0.2, 0) is 13.9 Å². The molecule has 1 atom stereocenters. The molecule has 1 unspecified atom stereocenters. The zero-order chi connectivity index (χ0) is 11.6. The predicted octanol–water partition coefficient (Wildman–Crippen LogP) is -8.23. The zero-order valence-electron chi connectivity index (χ0n) is 9.19. The first kappa shape index (κ1) is 23.3. The minimum absolute atomic E-state index is 0. The number of aliphatic hydroxyl groups is 1. The van der Waals surface area contributed by atoms with Crippen LogP contribution in [-0.4, -0.2) is 33.2 Å². The first-order valence-corrected chi connectivity index (χ1v) is 6.59. The van der Waals surface area contributed by atoms with Crippen molar-refractivity contribution in [2.24, 2.45) is 0 Å². The van der Waals surface area contributed by atoms with E-state index in [0.717, 1.165) is 0 Å². The van der Waals surface area contributed by atoms with Gasteiger partial charge in [0.15, 0.2) is 0 Å². The van der Waals surface area contributed by atoms with Crippen molar-refractivity contribution in [2.45, 2.75) is 12.0 Å². The second kappa shape index (κ2) is 8.40. The van der Waals surface area contributed by atoms with Gasteiger partial charge < -0.3 is 34.0 Å². The molecule has 3 N–H and O–H groups in total. The molecule has 0 fully saturated rings. The average molecular weight is 294 g/mol. The summed E-state index contributed by atoms with van der Waals surface area (Å²) in [6, 6.07) is 0. The summed E-state index contributed by atoms with van der Waals surface area (Å²) in [6.07, 6.45) is 0. The minimum Gasteiger partial charge on any atom is -0.808 e.